The minimum Gasteiger partial charge on any atom is -0.455 e. The number of imidazole rings is 1. The number of hydrogen-bond donors (Lipinski definition) is 0. The molecule has 3 nitrogen and oxygen atoms in total. The van der Waals surface area contributed by atoms with Crippen LogP contribution in [-0.2, 0) is 7.05 Å². The number of aryl methyl sites for hydroxylation is 2. The summed E-state index contributed by atoms with van der Waals surface area (Å²) >= 11 is 0. The number of nitrogens with zero attached hydrogens (tertiary/aromatic N) is 2. The molecule has 0 amide bonds. The number of pyridine rings is 1. The summed E-state index contributed by atoms with van der Waals surface area (Å²) in [6.07, 6.45) is 4.25. The van der Waals surface area contributed by atoms with Crippen molar-refractivity contribution in [2.45, 2.75) is 6.92 Å². The number of rotatable bonds is 1. The third-order valence-corrected chi connectivity index (χ3v) is 4.76. The first-order valence-electron chi connectivity index (χ1n) is 8.11. The molecule has 2 aromatic carbocycles. The van der Waals surface area contributed by atoms with E-state index in [9.17, 15) is 0 Å². The summed E-state index contributed by atoms with van der Waals surface area (Å²) in [5.41, 5.74) is 5.42. The zero-order valence-electron chi connectivity index (χ0n) is 13.7. The second kappa shape index (κ2) is 4.71. The van der Waals surface area contributed by atoms with Gasteiger partial charge in [0.1, 0.15) is 17.3 Å². The van der Waals surface area contributed by atoms with Gasteiger partial charge in [0.05, 0.1) is 13.2 Å². The smallest absolute Gasteiger partial charge is 0.297 e. The van der Waals surface area contributed by atoms with Crippen molar-refractivity contribution in [2.24, 2.45) is 7.05 Å². The molecule has 0 saturated carbocycles. The maximum atomic E-state index is 6.27. The van der Waals surface area contributed by atoms with Crippen molar-refractivity contribution in [1.29, 1.82) is 0 Å². The zero-order valence-corrected chi connectivity index (χ0v) is 13.7. The van der Waals surface area contributed by atoms with Gasteiger partial charge in [0.2, 0.25) is 0 Å². The van der Waals surface area contributed by atoms with E-state index in [0.717, 1.165) is 33.3 Å². The first-order chi connectivity index (χ1) is 11.7. The Bertz CT molecular complexity index is 1230. The van der Waals surface area contributed by atoms with E-state index >= 15 is 0 Å². The Hall–Kier alpha value is -3.07. The highest BCUT2D eigenvalue weighted by atomic mass is 16.3. The van der Waals surface area contributed by atoms with Gasteiger partial charge in [0, 0.05) is 10.8 Å². The Morgan fingerprint density at radius 2 is 1.75 bits per heavy atom. The van der Waals surface area contributed by atoms with Gasteiger partial charge >= 0.3 is 0 Å². The van der Waals surface area contributed by atoms with Gasteiger partial charge in [0.15, 0.2) is 11.1 Å². The number of benzene rings is 2. The van der Waals surface area contributed by atoms with Crippen LogP contribution in [0.5, 0.6) is 0 Å². The van der Waals surface area contributed by atoms with E-state index in [4.69, 9.17) is 4.42 Å². The minimum atomic E-state index is 0.933. The zero-order chi connectivity index (χ0) is 16.3. The van der Waals surface area contributed by atoms with Crippen LogP contribution in [0.2, 0.25) is 0 Å². The molecule has 3 heterocycles. The van der Waals surface area contributed by atoms with E-state index in [1.807, 2.05) is 12.1 Å². The Kier molecular flexibility index (Phi) is 2.63. The maximum Gasteiger partial charge on any atom is 0.297 e. The van der Waals surface area contributed by atoms with E-state index in [1.54, 1.807) is 0 Å². The van der Waals surface area contributed by atoms with Crippen molar-refractivity contribution in [3.63, 3.8) is 0 Å². The molecule has 0 aliphatic rings. The quantitative estimate of drug-likeness (QED) is 0.413. The van der Waals surface area contributed by atoms with E-state index in [-0.39, 0.29) is 0 Å². The highest BCUT2D eigenvalue weighted by Gasteiger charge is 2.24. The number of fused-ring (bicyclic) bond motifs is 4. The Balaban J connectivity index is 1.98. The largest absolute Gasteiger partial charge is 0.455 e. The van der Waals surface area contributed by atoms with E-state index in [2.05, 4.69) is 77.8 Å². The summed E-state index contributed by atoms with van der Waals surface area (Å²) in [6.45, 7) is 2.14. The standard InChI is InChI=1S/C21H17N2O/c1-14-10-11-17-16-8-3-4-9-18(16)24-20(17)19(14)21-22(2)13-15-7-5-6-12-23(15)21/h3-13H,1-2H3/q+1. The van der Waals surface area contributed by atoms with Crippen molar-refractivity contribution in [2.75, 3.05) is 0 Å². The molecule has 0 fully saturated rings. The molecule has 0 aliphatic carbocycles. The molecule has 0 aliphatic heterocycles. The molecule has 3 heteroatoms. The topological polar surface area (TPSA) is 21.4 Å². The van der Waals surface area contributed by atoms with Crippen LogP contribution in [0.15, 0.2) is 71.4 Å². The summed E-state index contributed by atoms with van der Waals surface area (Å²) in [5, 5.41) is 2.33. The van der Waals surface area contributed by atoms with Crippen LogP contribution in [0.3, 0.4) is 0 Å². The van der Waals surface area contributed by atoms with Gasteiger partial charge in [-0.05, 0) is 30.7 Å². The summed E-state index contributed by atoms with van der Waals surface area (Å²) in [4.78, 5) is 0. The van der Waals surface area contributed by atoms with Gasteiger partial charge in [-0.3, -0.25) is 0 Å². The molecule has 0 atom stereocenters. The van der Waals surface area contributed by atoms with Crippen LogP contribution >= 0.6 is 0 Å². The lowest BCUT2D eigenvalue weighted by molar-refractivity contribution is -0.658. The molecule has 0 radical (unpaired) electrons. The first kappa shape index (κ1) is 13.4. The third kappa shape index (κ3) is 1.69. The molecule has 116 valence electrons. The average molecular weight is 313 g/mol. The molecule has 5 rings (SSSR count). The summed E-state index contributed by atoms with van der Waals surface area (Å²) in [5.74, 6) is 1.13. The van der Waals surface area contributed by atoms with Crippen molar-refractivity contribution in [3.05, 3.63) is 72.6 Å². The molecule has 0 spiro atoms. The normalized spacial score (nSPS) is 11.8. The first-order valence-corrected chi connectivity index (χ1v) is 8.11. The average Bonchev–Trinajstić information content (AvgIpc) is 3.12. The molecule has 5 aromatic rings. The van der Waals surface area contributed by atoms with Crippen LogP contribution in [0, 0.1) is 6.92 Å². The number of aromatic nitrogens is 2. The molecular formula is C21H17N2O+. The SMILES string of the molecule is Cc1ccc2c(oc3ccccc32)c1-c1n2ccccc2c[n+]1C. The fourth-order valence-corrected chi connectivity index (χ4v) is 3.65. The van der Waals surface area contributed by atoms with Crippen molar-refractivity contribution in [3.8, 4) is 11.4 Å². The van der Waals surface area contributed by atoms with Gasteiger partial charge in [-0.25, -0.2) is 4.57 Å². The van der Waals surface area contributed by atoms with Crippen molar-refractivity contribution >= 4 is 27.5 Å². The second-order valence-electron chi connectivity index (χ2n) is 6.29. The van der Waals surface area contributed by atoms with Gasteiger partial charge in [0.25, 0.3) is 5.82 Å². The second-order valence-corrected chi connectivity index (χ2v) is 6.29. The maximum absolute atomic E-state index is 6.27. The van der Waals surface area contributed by atoms with Crippen LogP contribution in [-0.4, -0.2) is 4.40 Å². The molecule has 24 heavy (non-hydrogen) atoms. The lowest BCUT2D eigenvalue weighted by Crippen LogP contribution is -2.28. The predicted octanol–water partition coefficient (Wildman–Crippen LogP) is 4.64. The lowest BCUT2D eigenvalue weighted by atomic mass is 10.0. The Morgan fingerprint density at radius 3 is 2.67 bits per heavy atom. The van der Waals surface area contributed by atoms with Gasteiger partial charge in [-0.1, -0.05) is 36.4 Å². The van der Waals surface area contributed by atoms with E-state index in [0.29, 0.717) is 0 Å². The van der Waals surface area contributed by atoms with E-state index < -0.39 is 0 Å². The highest BCUT2D eigenvalue weighted by Crippen LogP contribution is 2.36. The van der Waals surface area contributed by atoms with E-state index in [1.165, 1.54) is 11.1 Å². The number of hydrogen-bond acceptors (Lipinski definition) is 1. The molecule has 0 unspecified atom stereocenters. The minimum absolute atomic E-state index is 0.933. The van der Waals surface area contributed by atoms with Gasteiger partial charge in [-0.2, -0.15) is 4.40 Å². The van der Waals surface area contributed by atoms with Crippen molar-refractivity contribution in [1.82, 2.24) is 4.40 Å². The summed E-state index contributed by atoms with van der Waals surface area (Å²) in [6, 6.07) is 18.8. The van der Waals surface area contributed by atoms with Crippen LogP contribution in [0.25, 0.3) is 38.8 Å². The fraction of sp³-hybridized carbons (Fsp3) is 0.0952. The van der Waals surface area contributed by atoms with Crippen molar-refractivity contribution < 1.29 is 8.98 Å². The number of para-hydroxylation sites is 1. The van der Waals surface area contributed by atoms with Crippen LogP contribution in [0.4, 0.5) is 0 Å². The molecule has 0 saturated heterocycles. The number of furan rings is 1. The summed E-state index contributed by atoms with van der Waals surface area (Å²) < 4.78 is 10.7. The Morgan fingerprint density at radius 1 is 0.917 bits per heavy atom. The fourth-order valence-electron chi connectivity index (χ4n) is 3.65. The Labute approximate surface area is 139 Å². The van der Waals surface area contributed by atoms with Crippen LogP contribution < -0.4 is 4.57 Å². The van der Waals surface area contributed by atoms with Gasteiger partial charge in [-0.15, -0.1) is 0 Å². The predicted molar refractivity (Wildman–Crippen MR) is 96.0 cm³/mol. The third-order valence-electron chi connectivity index (χ3n) is 4.76. The lowest BCUT2D eigenvalue weighted by Gasteiger charge is -2.03. The monoisotopic (exact) mass is 313 g/mol. The molecule has 0 N–H and O–H groups in total. The summed E-state index contributed by atoms with van der Waals surface area (Å²) in [7, 11) is 2.09. The van der Waals surface area contributed by atoms with Gasteiger partial charge < -0.3 is 4.42 Å². The van der Waals surface area contributed by atoms with Crippen LogP contribution in [0.1, 0.15) is 5.56 Å². The highest BCUT2D eigenvalue weighted by molar-refractivity contribution is 6.09. The molecule has 3 aromatic heterocycles. The molecule has 0 bridgehead atoms. The molecular weight excluding hydrogens is 296 g/mol.